The highest BCUT2D eigenvalue weighted by molar-refractivity contribution is 5.57. The highest BCUT2D eigenvalue weighted by atomic mass is 16.5. The SMILES string of the molecule is COc1ccccc1N(C)CC(CO)NC1CC1. The average Bonchev–Trinajstić information content (AvgIpc) is 3.21. The van der Waals surface area contributed by atoms with Gasteiger partial charge >= 0.3 is 0 Å². The van der Waals surface area contributed by atoms with Gasteiger partial charge in [-0.15, -0.1) is 0 Å². The van der Waals surface area contributed by atoms with Gasteiger partial charge in [-0.1, -0.05) is 12.1 Å². The van der Waals surface area contributed by atoms with Crippen molar-refractivity contribution in [2.75, 3.05) is 32.2 Å². The maximum atomic E-state index is 9.40. The molecule has 4 heteroatoms. The highest BCUT2D eigenvalue weighted by Crippen LogP contribution is 2.27. The minimum absolute atomic E-state index is 0.118. The van der Waals surface area contributed by atoms with Crippen LogP contribution in [0, 0.1) is 0 Å². The second-order valence-electron chi connectivity index (χ2n) is 4.87. The molecule has 4 nitrogen and oxygen atoms in total. The number of benzene rings is 1. The Morgan fingerprint density at radius 2 is 2.17 bits per heavy atom. The summed E-state index contributed by atoms with van der Waals surface area (Å²) in [6.45, 7) is 0.934. The van der Waals surface area contributed by atoms with Crippen LogP contribution in [0.3, 0.4) is 0 Å². The molecule has 2 N–H and O–H groups in total. The van der Waals surface area contributed by atoms with Crippen molar-refractivity contribution in [1.29, 1.82) is 0 Å². The van der Waals surface area contributed by atoms with Gasteiger partial charge < -0.3 is 20.1 Å². The summed E-state index contributed by atoms with van der Waals surface area (Å²) in [4.78, 5) is 2.12. The van der Waals surface area contributed by atoms with Gasteiger partial charge in [0.25, 0.3) is 0 Å². The molecule has 0 bridgehead atoms. The van der Waals surface area contributed by atoms with E-state index in [0.29, 0.717) is 6.04 Å². The molecule has 0 heterocycles. The fraction of sp³-hybridized carbons (Fsp3) is 0.571. The predicted molar refractivity (Wildman–Crippen MR) is 73.3 cm³/mol. The van der Waals surface area contributed by atoms with E-state index in [4.69, 9.17) is 4.74 Å². The summed E-state index contributed by atoms with van der Waals surface area (Å²) in [7, 11) is 3.70. The Bertz CT molecular complexity index is 380. The second kappa shape index (κ2) is 6.07. The van der Waals surface area contributed by atoms with Crippen molar-refractivity contribution in [2.24, 2.45) is 0 Å². The first-order valence-electron chi connectivity index (χ1n) is 6.45. The Hall–Kier alpha value is -1.26. The molecular formula is C14H22N2O2. The zero-order valence-corrected chi connectivity index (χ0v) is 11.1. The predicted octanol–water partition coefficient (Wildman–Crippen LogP) is 1.24. The molecule has 1 aliphatic rings. The lowest BCUT2D eigenvalue weighted by molar-refractivity contribution is 0.243. The Labute approximate surface area is 109 Å². The number of rotatable bonds is 7. The molecule has 0 aromatic heterocycles. The van der Waals surface area contributed by atoms with E-state index in [1.165, 1.54) is 12.8 Å². The molecule has 1 unspecified atom stereocenters. The summed E-state index contributed by atoms with van der Waals surface area (Å²) in [6, 6.07) is 8.66. The number of methoxy groups -OCH3 is 1. The largest absolute Gasteiger partial charge is 0.495 e. The Morgan fingerprint density at radius 3 is 2.78 bits per heavy atom. The van der Waals surface area contributed by atoms with E-state index < -0.39 is 0 Å². The van der Waals surface area contributed by atoms with Crippen LogP contribution >= 0.6 is 0 Å². The minimum atomic E-state index is 0.118. The fourth-order valence-corrected chi connectivity index (χ4v) is 2.12. The molecule has 0 aliphatic heterocycles. The van der Waals surface area contributed by atoms with E-state index in [1.807, 2.05) is 31.3 Å². The normalized spacial score (nSPS) is 16.4. The van der Waals surface area contributed by atoms with Crippen LogP contribution in [0.1, 0.15) is 12.8 Å². The number of aliphatic hydroxyl groups excluding tert-OH is 1. The summed E-state index contributed by atoms with van der Waals surface area (Å²) in [5.74, 6) is 0.864. The van der Waals surface area contributed by atoms with Crippen LogP contribution in [-0.2, 0) is 0 Å². The van der Waals surface area contributed by atoms with Gasteiger partial charge in [0.15, 0.2) is 0 Å². The smallest absolute Gasteiger partial charge is 0.142 e. The first-order valence-corrected chi connectivity index (χ1v) is 6.45. The first-order chi connectivity index (χ1) is 8.74. The van der Waals surface area contributed by atoms with Crippen molar-refractivity contribution in [3.63, 3.8) is 0 Å². The second-order valence-corrected chi connectivity index (χ2v) is 4.87. The molecule has 1 saturated carbocycles. The average molecular weight is 250 g/mol. The summed E-state index contributed by atoms with van der Waals surface area (Å²) < 4.78 is 5.35. The summed E-state index contributed by atoms with van der Waals surface area (Å²) >= 11 is 0. The molecule has 0 saturated heterocycles. The van der Waals surface area contributed by atoms with Crippen LogP contribution in [0.4, 0.5) is 5.69 Å². The molecule has 18 heavy (non-hydrogen) atoms. The third kappa shape index (κ3) is 3.37. The molecule has 1 aliphatic carbocycles. The fourth-order valence-electron chi connectivity index (χ4n) is 2.12. The lowest BCUT2D eigenvalue weighted by atomic mass is 10.2. The van der Waals surface area contributed by atoms with Gasteiger partial charge in [-0.25, -0.2) is 0 Å². The number of nitrogens with zero attached hydrogens (tertiary/aromatic N) is 1. The van der Waals surface area contributed by atoms with Gasteiger partial charge in [-0.05, 0) is 25.0 Å². The standard InChI is InChI=1S/C14H22N2O2/c1-16(9-12(10-17)15-11-7-8-11)13-5-3-4-6-14(13)18-2/h3-6,11-12,15,17H,7-10H2,1-2H3. The van der Waals surface area contributed by atoms with E-state index in [0.717, 1.165) is 18.0 Å². The van der Waals surface area contributed by atoms with Gasteiger partial charge in [0, 0.05) is 25.7 Å². The van der Waals surface area contributed by atoms with Gasteiger partial charge in [-0.3, -0.25) is 0 Å². The van der Waals surface area contributed by atoms with E-state index in [9.17, 15) is 5.11 Å². The van der Waals surface area contributed by atoms with Crippen LogP contribution in [0.25, 0.3) is 0 Å². The van der Waals surface area contributed by atoms with Crippen molar-refractivity contribution >= 4 is 5.69 Å². The van der Waals surface area contributed by atoms with E-state index in [1.54, 1.807) is 7.11 Å². The Balaban J connectivity index is 1.98. The summed E-state index contributed by atoms with van der Waals surface area (Å²) in [5.41, 5.74) is 1.05. The number of ether oxygens (including phenoxy) is 1. The lowest BCUT2D eigenvalue weighted by Gasteiger charge is -2.26. The van der Waals surface area contributed by atoms with Crippen molar-refractivity contribution in [1.82, 2.24) is 5.32 Å². The van der Waals surface area contributed by atoms with Crippen molar-refractivity contribution in [3.8, 4) is 5.75 Å². The molecule has 2 rings (SSSR count). The topological polar surface area (TPSA) is 44.7 Å². The lowest BCUT2D eigenvalue weighted by Crippen LogP contribution is -2.43. The van der Waals surface area contributed by atoms with Gasteiger partial charge in [0.2, 0.25) is 0 Å². The molecule has 1 atom stereocenters. The number of hydrogen-bond acceptors (Lipinski definition) is 4. The summed E-state index contributed by atoms with van der Waals surface area (Å²) in [5, 5.41) is 12.9. The number of anilines is 1. The summed E-state index contributed by atoms with van der Waals surface area (Å²) in [6.07, 6.45) is 2.46. The number of aliphatic hydroxyl groups is 1. The quantitative estimate of drug-likeness (QED) is 0.764. The number of hydrogen-bond donors (Lipinski definition) is 2. The van der Waals surface area contributed by atoms with E-state index in [2.05, 4.69) is 10.2 Å². The van der Waals surface area contributed by atoms with Crippen molar-refractivity contribution in [2.45, 2.75) is 24.9 Å². The molecule has 1 aromatic carbocycles. The molecular weight excluding hydrogens is 228 g/mol. The highest BCUT2D eigenvalue weighted by Gasteiger charge is 2.25. The van der Waals surface area contributed by atoms with Crippen molar-refractivity contribution < 1.29 is 9.84 Å². The molecule has 0 spiro atoms. The number of nitrogens with one attached hydrogen (secondary N) is 1. The van der Waals surface area contributed by atoms with Gasteiger partial charge in [0.05, 0.1) is 19.4 Å². The van der Waals surface area contributed by atoms with E-state index >= 15 is 0 Å². The number of likely N-dealkylation sites (N-methyl/N-ethyl adjacent to an activating group) is 1. The molecule has 0 amide bonds. The maximum Gasteiger partial charge on any atom is 0.142 e. The molecule has 0 radical (unpaired) electrons. The molecule has 100 valence electrons. The third-order valence-corrected chi connectivity index (χ3v) is 3.26. The van der Waals surface area contributed by atoms with Gasteiger partial charge in [0.1, 0.15) is 5.75 Å². The Kier molecular flexibility index (Phi) is 4.44. The van der Waals surface area contributed by atoms with Crippen LogP contribution < -0.4 is 15.0 Å². The van der Waals surface area contributed by atoms with E-state index in [-0.39, 0.29) is 12.6 Å². The van der Waals surface area contributed by atoms with Crippen LogP contribution in [-0.4, -0.2) is 44.5 Å². The maximum absolute atomic E-state index is 9.40. The Morgan fingerprint density at radius 1 is 1.44 bits per heavy atom. The van der Waals surface area contributed by atoms with Gasteiger partial charge in [-0.2, -0.15) is 0 Å². The number of para-hydroxylation sites is 2. The minimum Gasteiger partial charge on any atom is -0.495 e. The molecule has 1 fully saturated rings. The zero-order chi connectivity index (χ0) is 13.0. The van der Waals surface area contributed by atoms with Crippen LogP contribution in [0.2, 0.25) is 0 Å². The first kappa shape index (κ1) is 13.2. The van der Waals surface area contributed by atoms with Crippen LogP contribution in [0.15, 0.2) is 24.3 Å². The van der Waals surface area contributed by atoms with Crippen molar-refractivity contribution in [3.05, 3.63) is 24.3 Å². The van der Waals surface area contributed by atoms with Crippen LogP contribution in [0.5, 0.6) is 5.75 Å². The monoisotopic (exact) mass is 250 g/mol. The zero-order valence-electron chi connectivity index (χ0n) is 11.1. The third-order valence-electron chi connectivity index (χ3n) is 3.26. The molecule has 1 aromatic rings.